The molecule has 0 aliphatic carbocycles. The number of nitrogens with zero attached hydrogens (tertiary/aromatic N) is 2. The van der Waals surface area contributed by atoms with Gasteiger partial charge in [0.2, 0.25) is 5.91 Å². The van der Waals surface area contributed by atoms with Crippen LogP contribution in [0.5, 0.6) is 0 Å². The zero-order valence-corrected chi connectivity index (χ0v) is 17.0. The molecule has 5 rings (SSSR count). The highest BCUT2D eigenvalue weighted by Gasteiger charge is 2.34. The molecule has 2 amide bonds. The molecule has 30 heavy (non-hydrogen) atoms. The molecule has 0 saturated carbocycles. The van der Waals surface area contributed by atoms with Gasteiger partial charge in [-0.05, 0) is 48.6 Å². The normalized spacial score (nSPS) is 16.1. The summed E-state index contributed by atoms with van der Waals surface area (Å²) >= 11 is 1.40. The minimum Gasteiger partial charge on any atom is -0.338 e. The number of nitrogens with one attached hydrogen (secondary N) is 2. The first kappa shape index (κ1) is 18.6. The summed E-state index contributed by atoms with van der Waals surface area (Å²) in [5.41, 5.74) is 3.45. The van der Waals surface area contributed by atoms with E-state index in [0.29, 0.717) is 23.5 Å². The molecule has 0 unspecified atom stereocenters. The smallest absolute Gasteiger partial charge is 0.264 e. The third-order valence-electron chi connectivity index (χ3n) is 5.34. The Balaban J connectivity index is 1.35. The molecule has 3 heterocycles. The van der Waals surface area contributed by atoms with Crippen molar-refractivity contribution in [3.63, 3.8) is 0 Å². The van der Waals surface area contributed by atoms with E-state index in [1.165, 1.54) is 11.3 Å². The van der Waals surface area contributed by atoms with Crippen molar-refractivity contribution in [3.8, 4) is 11.4 Å². The molecule has 6 nitrogen and oxygen atoms in total. The van der Waals surface area contributed by atoms with E-state index in [1.807, 2.05) is 60.0 Å². The number of rotatable bonds is 4. The standard InChI is InChI=1S/C23H20N4O2S/c28-22(19-10-4-12-27(19)23(29)20-11-5-13-30-20)24-16-7-3-6-15(14-16)21-25-17-8-1-2-9-18(17)26-21/h1-3,5-9,11,13-14,19H,4,10,12H2,(H,24,28)(H,25,26)/t19-/m0/s1. The van der Waals surface area contributed by atoms with Crippen LogP contribution < -0.4 is 5.32 Å². The van der Waals surface area contributed by atoms with Gasteiger partial charge in [-0.2, -0.15) is 0 Å². The first-order valence-corrected chi connectivity index (χ1v) is 10.8. The predicted molar refractivity (Wildman–Crippen MR) is 119 cm³/mol. The van der Waals surface area contributed by atoms with Crippen LogP contribution in [-0.2, 0) is 4.79 Å². The summed E-state index contributed by atoms with van der Waals surface area (Å²) in [5.74, 6) is 0.528. The predicted octanol–water partition coefficient (Wildman–Crippen LogP) is 4.53. The Bertz CT molecular complexity index is 1180. The number of benzene rings is 2. The molecule has 1 atom stereocenters. The second kappa shape index (κ2) is 7.76. The van der Waals surface area contributed by atoms with Gasteiger partial charge in [-0.25, -0.2) is 4.98 Å². The quantitative estimate of drug-likeness (QED) is 0.513. The molecule has 2 N–H and O–H groups in total. The van der Waals surface area contributed by atoms with Crippen LogP contribution in [0, 0.1) is 0 Å². The largest absolute Gasteiger partial charge is 0.338 e. The number of aromatic amines is 1. The Morgan fingerprint density at radius 1 is 1.10 bits per heavy atom. The van der Waals surface area contributed by atoms with E-state index in [-0.39, 0.29) is 11.8 Å². The minimum absolute atomic E-state index is 0.0707. The number of amides is 2. The van der Waals surface area contributed by atoms with Crippen LogP contribution in [0.2, 0.25) is 0 Å². The molecule has 4 aromatic rings. The van der Waals surface area contributed by atoms with Crippen molar-refractivity contribution in [3.05, 3.63) is 70.9 Å². The van der Waals surface area contributed by atoms with E-state index in [9.17, 15) is 9.59 Å². The van der Waals surface area contributed by atoms with E-state index < -0.39 is 6.04 Å². The number of likely N-dealkylation sites (tertiary alicyclic amines) is 1. The molecule has 1 saturated heterocycles. The van der Waals surface area contributed by atoms with Gasteiger partial charge in [0.1, 0.15) is 11.9 Å². The number of imidazole rings is 1. The highest BCUT2D eigenvalue weighted by atomic mass is 32.1. The maximum Gasteiger partial charge on any atom is 0.264 e. The zero-order chi connectivity index (χ0) is 20.5. The summed E-state index contributed by atoms with van der Waals surface area (Å²) in [6, 6.07) is 18.7. The van der Waals surface area contributed by atoms with Crippen molar-refractivity contribution >= 4 is 39.9 Å². The zero-order valence-electron chi connectivity index (χ0n) is 16.2. The van der Waals surface area contributed by atoms with Gasteiger partial charge in [0, 0.05) is 17.8 Å². The molecule has 0 radical (unpaired) electrons. The molecule has 0 spiro atoms. The first-order valence-electron chi connectivity index (χ1n) is 9.89. The Morgan fingerprint density at radius 2 is 2.00 bits per heavy atom. The van der Waals surface area contributed by atoms with Crippen LogP contribution in [0.15, 0.2) is 66.0 Å². The first-order chi connectivity index (χ1) is 14.7. The number of carbonyl (C=O) groups excluding carboxylic acids is 2. The van der Waals surface area contributed by atoms with Crippen LogP contribution in [0.25, 0.3) is 22.4 Å². The molecular weight excluding hydrogens is 396 g/mol. The lowest BCUT2D eigenvalue weighted by atomic mass is 10.1. The number of aromatic nitrogens is 2. The number of hydrogen-bond donors (Lipinski definition) is 2. The van der Waals surface area contributed by atoms with Gasteiger partial charge in [-0.15, -0.1) is 11.3 Å². The molecule has 7 heteroatoms. The third-order valence-corrected chi connectivity index (χ3v) is 6.20. The summed E-state index contributed by atoms with van der Waals surface area (Å²) < 4.78 is 0. The number of para-hydroxylation sites is 2. The Kier molecular flexibility index (Phi) is 4.80. The summed E-state index contributed by atoms with van der Waals surface area (Å²) in [6.45, 7) is 0.605. The van der Waals surface area contributed by atoms with Crippen molar-refractivity contribution in [2.75, 3.05) is 11.9 Å². The molecule has 1 aliphatic rings. The van der Waals surface area contributed by atoms with Crippen molar-refractivity contribution < 1.29 is 9.59 Å². The van der Waals surface area contributed by atoms with Gasteiger partial charge in [0.05, 0.1) is 15.9 Å². The van der Waals surface area contributed by atoms with Crippen molar-refractivity contribution in [2.45, 2.75) is 18.9 Å². The fourth-order valence-corrected chi connectivity index (χ4v) is 4.56. The van der Waals surface area contributed by atoms with Crippen LogP contribution in [0.1, 0.15) is 22.5 Å². The molecule has 2 aromatic carbocycles. The minimum atomic E-state index is -0.450. The fourth-order valence-electron chi connectivity index (χ4n) is 3.88. The summed E-state index contributed by atoms with van der Waals surface area (Å²) in [6.07, 6.45) is 1.50. The summed E-state index contributed by atoms with van der Waals surface area (Å²) in [5, 5.41) is 4.86. The maximum atomic E-state index is 13.0. The molecule has 150 valence electrons. The van der Waals surface area contributed by atoms with Crippen molar-refractivity contribution in [2.24, 2.45) is 0 Å². The van der Waals surface area contributed by atoms with Crippen LogP contribution in [0.3, 0.4) is 0 Å². The van der Waals surface area contributed by atoms with E-state index in [1.54, 1.807) is 11.0 Å². The van der Waals surface area contributed by atoms with E-state index in [2.05, 4.69) is 15.3 Å². The van der Waals surface area contributed by atoms with Gasteiger partial charge in [0.15, 0.2) is 0 Å². The SMILES string of the molecule is O=C(Nc1cccc(-c2nc3ccccc3[nH]2)c1)[C@@H]1CCCN1C(=O)c1cccs1. The Morgan fingerprint density at radius 3 is 2.83 bits per heavy atom. The number of fused-ring (bicyclic) bond motifs is 1. The van der Waals surface area contributed by atoms with Gasteiger partial charge < -0.3 is 15.2 Å². The van der Waals surface area contributed by atoms with Gasteiger partial charge >= 0.3 is 0 Å². The lowest BCUT2D eigenvalue weighted by molar-refractivity contribution is -0.119. The van der Waals surface area contributed by atoms with Crippen LogP contribution >= 0.6 is 11.3 Å². The number of carbonyl (C=O) groups is 2. The maximum absolute atomic E-state index is 13.0. The molecular formula is C23H20N4O2S. The fraction of sp³-hybridized carbons (Fsp3) is 0.174. The monoisotopic (exact) mass is 416 g/mol. The lowest BCUT2D eigenvalue weighted by Gasteiger charge is -2.23. The highest BCUT2D eigenvalue weighted by Crippen LogP contribution is 2.26. The van der Waals surface area contributed by atoms with E-state index >= 15 is 0 Å². The lowest BCUT2D eigenvalue weighted by Crippen LogP contribution is -2.42. The molecule has 1 fully saturated rings. The van der Waals surface area contributed by atoms with Gasteiger partial charge in [0.25, 0.3) is 5.91 Å². The molecule has 1 aliphatic heterocycles. The highest BCUT2D eigenvalue weighted by molar-refractivity contribution is 7.12. The third kappa shape index (κ3) is 3.48. The van der Waals surface area contributed by atoms with E-state index in [4.69, 9.17) is 0 Å². The molecule has 0 bridgehead atoms. The number of anilines is 1. The van der Waals surface area contributed by atoms with Gasteiger partial charge in [-0.1, -0.05) is 30.3 Å². The number of hydrogen-bond acceptors (Lipinski definition) is 4. The second-order valence-corrected chi connectivity index (χ2v) is 8.25. The Labute approximate surface area is 177 Å². The average molecular weight is 417 g/mol. The Hall–Kier alpha value is -3.45. The average Bonchev–Trinajstić information content (AvgIpc) is 3.53. The van der Waals surface area contributed by atoms with Gasteiger partial charge in [-0.3, -0.25) is 9.59 Å². The number of thiophene rings is 1. The molecule has 2 aromatic heterocycles. The summed E-state index contributed by atoms with van der Waals surface area (Å²) in [7, 11) is 0. The topological polar surface area (TPSA) is 78.1 Å². The van der Waals surface area contributed by atoms with Crippen LogP contribution in [0.4, 0.5) is 5.69 Å². The van der Waals surface area contributed by atoms with Crippen LogP contribution in [-0.4, -0.2) is 39.3 Å². The number of H-pyrrole nitrogens is 1. The second-order valence-electron chi connectivity index (χ2n) is 7.31. The van der Waals surface area contributed by atoms with Crippen molar-refractivity contribution in [1.29, 1.82) is 0 Å². The summed E-state index contributed by atoms with van der Waals surface area (Å²) in [4.78, 5) is 36.0. The van der Waals surface area contributed by atoms with E-state index in [0.717, 1.165) is 28.8 Å². The van der Waals surface area contributed by atoms with Crippen molar-refractivity contribution in [1.82, 2.24) is 14.9 Å².